The molecule has 6 heteroatoms. The molecular weight excluding hydrogens is 432 g/mol. The van der Waals surface area contributed by atoms with E-state index in [9.17, 15) is 0 Å². The smallest absolute Gasteiger partial charge is 0.203 e. The SMILES string of the molecule is COc1cc(CCc2ccc3c(c2)OCCO3)cc(CCc2cc(OC)c(OC)c(OC)c2)c1. The van der Waals surface area contributed by atoms with E-state index in [0.29, 0.717) is 30.5 Å². The topological polar surface area (TPSA) is 55.4 Å². The fraction of sp³-hybridized carbons (Fsp3) is 0.357. The van der Waals surface area contributed by atoms with Crippen LogP contribution in [-0.4, -0.2) is 41.7 Å². The number of hydrogen-bond donors (Lipinski definition) is 0. The highest BCUT2D eigenvalue weighted by Gasteiger charge is 2.14. The molecule has 0 amide bonds. The van der Waals surface area contributed by atoms with Gasteiger partial charge in [0.15, 0.2) is 23.0 Å². The molecular formula is C28H32O6. The summed E-state index contributed by atoms with van der Waals surface area (Å²) in [5.74, 6) is 4.48. The Morgan fingerprint density at radius 1 is 0.559 bits per heavy atom. The van der Waals surface area contributed by atoms with Gasteiger partial charge >= 0.3 is 0 Å². The van der Waals surface area contributed by atoms with Crippen LogP contribution in [0.3, 0.4) is 0 Å². The average molecular weight is 465 g/mol. The fourth-order valence-electron chi connectivity index (χ4n) is 4.24. The Hall–Kier alpha value is -3.54. The standard InChI is InChI=1S/C28H32O6/c1-29-23-14-20(6-5-19-9-10-24-25(16-19)34-12-11-33-24)13-21(15-23)7-8-22-17-26(30-2)28(32-4)27(18-22)31-3/h9-10,13-18H,5-8,11-12H2,1-4H3. The highest BCUT2D eigenvalue weighted by atomic mass is 16.6. The van der Waals surface area contributed by atoms with Gasteiger partial charge in [0, 0.05) is 0 Å². The Kier molecular flexibility index (Phi) is 7.68. The molecule has 1 aliphatic heterocycles. The number of hydrogen-bond acceptors (Lipinski definition) is 6. The highest BCUT2D eigenvalue weighted by Crippen LogP contribution is 2.38. The zero-order valence-corrected chi connectivity index (χ0v) is 20.3. The van der Waals surface area contributed by atoms with Crippen LogP contribution in [0.2, 0.25) is 0 Å². The Labute approximate surface area is 201 Å². The van der Waals surface area contributed by atoms with E-state index in [-0.39, 0.29) is 0 Å². The van der Waals surface area contributed by atoms with Crippen LogP contribution in [0.1, 0.15) is 22.3 Å². The maximum Gasteiger partial charge on any atom is 0.203 e. The predicted molar refractivity (Wildman–Crippen MR) is 131 cm³/mol. The summed E-state index contributed by atoms with van der Waals surface area (Å²) in [6, 6.07) is 16.7. The molecule has 1 heterocycles. The van der Waals surface area contributed by atoms with Crippen LogP contribution in [0.15, 0.2) is 48.5 Å². The number of ether oxygens (including phenoxy) is 6. The van der Waals surface area contributed by atoms with Gasteiger partial charge in [-0.2, -0.15) is 0 Å². The molecule has 6 nitrogen and oxygen atoms in total. The summed E-state index contributed by atoms with van der Waals surface area (Å²) in [6.45, 7) is 1.21. The number of aryl methyl sites for hydroxylation is 4. The van der Waals surface area contributed by atoms with Crippen molar-refractivity contribution in [3.63, 3.8) is 0 Å². The van der Waals surface area contributed by atoms with Gasteiger partial charge in [-0.1, -0.05) is 12.1 Å². The van der Waals surface area contributed by atoms with Crippen molar-refractivity contribution in [1.82, 2.24) is 0 Å². The van der Waals surface area contributed by atoms with Crippen LogP contribution in [0.5, 0.6) is 34.5 Å². The molecule has 3 aromatic rings. The number of fused-ring (bicyclic) bond motifs is 1. The lowest BCUT2D eigenvalue weighted by molar-refractivity contribution is 0.171. The number of methoxy groups -OCH3 is 4. The quantitative estimate of drug-likeness (QED) is 0.418. The average Bonchev–Trinajstić information content (AvgIpc) is 2.89. The van der Waals surface area contributed by atoms with Crippen molar-refractivity contribution in [3.8, 4) is 34.5 Å². The van der Waals surface area contributed by atoms with Gasteiger partial charge in [-0.15, -0.1) is 0 Å². The second-order valence-corrected chi connectivity index (χ2v) is 8.20. The largest absolute Gasteiger partial charge is 0.497 e. The van der Waals surface area contributed by atoms with Crippen molar-refractivity contribution in [2.75, 3.05) is 41.7 Å². The summed E-state index contributed by atoms with van der Waals surface area (Å²) in [7, 11) is 6.60. The highest BCUT2D eigenvalue weighted by molar-refractivity contribution is 5.54. The van der Waals surface area contributed by atoms with Crippen LogP contribution < -0.4 is 28.4 Å². The molecule has 3 aromatic carbocycles. The molecule has 0 N–H and O–H groups in total. The Balaban J connectivity index is 1.46. The van der Waals surface area contributed by atoms with Gasteiger partial charge in [0.05, 0.1) is 28.4 Å². The summed E-state index contributed by atoms with van der Waals surface area (Å²) in [5, 5.41) is 0. The Bertz CT molecular complexity index is 1100. The monoisotopic (exact) mass is 464 g/mol. The van der Waals surface area contributed by atoms with Crippen LogP contribution in [0.4, 0.5) is 0 Å². The van der Waals surface area contributed by atoms with E-state index in [1.54, 1.807) is 28.4 Å². The van der Waals surface area contributed by atoms with Crippen molar-refractivity contribution in [2.45, 2.75) is 25.7 Å². The van der Waals surface area contributed by atoms with Gasteiger partial charge in [-0.3, -0.25) is 0 Å². The minimum Gasteiger partial charge on any atom is -0.497 e. The van der Waals surface area contributed by atoms with E-state index in [2.05, 4.69) is 30.3 Å². The molecule has 1 aliphatic rings. The Morgan fingerprint density at radius 3 is 1.68 bits per heavy atom. The molecule has 0 saturated carbocycles. The van der Waals surface area contributed by atoms with Crippen LogP contribution in [0, 0.1) is 0 Å². The van der Waals surface area contributed by atoms with E-state index in [1.807, 2.05) is 18.2 Å². The van der Waals surface area contributed by atoms with Crippen LogP contribution >= 0.6 is 0 Å². The summed E-state index contributed by atoms with van der Waals surface area (Å²) < 4.78 is 33.4. The molecule has 0 unspecified atom stereocenters. The molecule has 0 fully saturated rings. The van der Waals surface area contributed by atoms with Crippen molar-refractivity contribution < 1.29 is 28.4 Å². The summed E-state index contributed by atoms with van der Waals surface area (Å²) in [4.78, 5) is 0. The molecule has 180 valence electrons. The van der Waals surface area contributed by atoms with Gasteiger partial charge in [0.2, 0.25) is 5.75 Å². The van der Waals surface area contributed by atoms with E-state index in [4.69, 9.17) is 28.4 Å². The first-order valence-electron chi connectivity index (χ1n) is 11.5. The first-order chi connectivity index (χ1) is 16.6. The fourth-order valence-corrected chi connectivity index (χ4v) is 4.24. The minimum absolute atomic E-state index is 0.599. The van der Waals surface area contributed by atoms with Gasteiger partial charge in [-0.05, 0) is 84.3 Å². The number of benzene rings is 3. The molecule has 34 heavy (non-hydrogen) atoms. The summed E-state index contributed by atoms with van der Waals surface area (Å²) in [5.41, 5.74) is 4.82. The van der Waals surface area contributed by atoms with Gasteiger partial charge in [0.25, 0.3) is 0 Å². The van der Waals surface area contributed by atoms with Gasteiger partial charge in [0.1, 0.15) is 19.0 Å². The zero-order valence-electron chi connectivity index (χ0n) is 20.3. The second kappa shape index (κ2) is 11.1. The lowest BCUT2D eigenvalue weighted by Crippen LogP contribution is -2.15. The molecule has 0 spiro atoms. The maximum atomic E-state index is 5.72. The Morgan fingerprint density at radius 2 is 1.12 bits per heavy atom. The molecule has 0 atom stereocenters. The van der Waals surface area contributed by atoms with Crippen molar-refractivity contribution >= 4 is 0 Å². The minimum atomic E-state index is 0.599. The van der Waals surface area contributed by atoms with Crippen LogP contribution in [0.25, 0.3) is 0 Å². The van der Waals surface area contributed by atoms with Gasteiger partial charge < -0.3 is 28.4 Å². The first-order valence-corrected chi connectivity index (χ1v) is 11.5. The molecule has 0 radical (unpaired) electrons. The maximum absolute atomic E-state index is 5.72. The third-order valence-electron chi connectivity index (χ3n) is 6.00. The zero-order chi connectivity index (χ0) is 23.9. The molecule has 0 aliphatic carbocycles. The van der Waals surface area contributed by atoms with Crippen molar-refractivity contribution in [3.05, 3.63) is 70.8 Å². The first kappa shape index (κ1) is 23.6. The lowest BCUT2D eigenvalue weighted by Gasteiger charge is -2.19. The lowest BCUT2D eigenvalue weighted by atomic mass is 9.98. The third kappa shape index (κ3) is 5.50. The molecule has 0 aromatic heterocycles. The van der Waals surface area contributed by atoms with E-state index in [1.165, 1.54) is 16.7 Å². The van der Waals surface area contributed by atoms with E-state index >= 15 is 0 Å². The van der Waals surface area contributed by atoms with Crippen molar-refractivity contribution in [2.24, 2.45) is 0 Å². The van der Waals surface area contributed by atoms with E-state index in [0.717, 1.165) is 48.5 Å². The van der Waals surface area contributed by atoms with Crippen molar-refractivity contribution in [1.29, 1.82) is 0 Å². The molecule has 0 bridgehead atoms. The number of rotatable bonds is 10. The van der Waals surface area contributed by atoms with E-state index < -0.39 is 0 Å². The predicted octanol–water partition coefficient (Wildman–Crippen LogP) is 5.06. The normalized spacial score (nSPS) is 12.2. The summed E-state index contributed by atoms with van der Waals surface area (Å²) >= 11 is 0. The molecule has 4 rings (SSSR count). The second-order valence-electron chi connectivity index (χ2n) is 8.20. The summed E-state index contributed by atoms with van der Waals surface area (Å²) in [6.07, 6.45) is 3.53. The van der Waals surface area contributed by atoms with Gasteiger partial charge in [-0.25, -0.2) is 0 Å². The molecule has 0 saturated heterocycles. The third-order valence-corrected chi connectivity index (χ3v) is 6.00. The van der Waals surface area contributed by atoms with Crippen LogP contribution in [-0.2, 0) is 25.7 Å².